The Labute approximate surface area is 108 Å². The Morgan fingerprint density at radius 2 is 1.67 bits per heavy atom. The first-order chi connectivity index (χ1) is 8.38. The molecule has 0 aromatic carbocycles. The lowest BCUT2D eigenvalue weighted by molar-refractivity contribution is -0.127. The highest BCUT2D eigenvalue weighted by molar-refractivity contribution is 5.89. The fourth-order valence-electron chi connectivity index (χ4n) is 1.15. The van der Waals surface area contributed by atoms with Gasteiger partial charge in [-0.2, -0.15) is 0 Å². The third kappa shape index (κ3) is 7.01. The summed E-state index contributed by atoms with van der Waals surface area (Å²) in [7, 11) is 0. The molecule has 0 spiro atoms. The number of rotatable bonds is 8. The van der Waals surface area contributed by atoms with Crippen LogP contribution in [0.4, 0.5) is 0 Å². The van der Waals surface area contributed by atoms with Crippen LogP contribution in [0.15, 0.2) is 0 Å². The average molecular weight is 257 g/mol. The zero-order valence-electron chi connectivity index (χ0n) is 11.5. The zero-order chi connectivity index (χ0) is 14.1. The van der Waals surface area contributed by atoms with Crippen LogP contribution < -0.4 is 16.0 Å². The molecule has 2 amide bonds. The monoisotopic (exact) mass is 257 g/mol. The predicted molar refractivity (Wildman–Crippen MR) is 69.1 cm³/mol. The van der Waals surface area contributed by atoms with E-state index in [1.165, 1.54) is 6.92 Å². The van der Waals surface area contributed by atoms with Gasteiger partial charge in [0.05, 0.1) is 12.1 Å². The summed E-state index contributed by atoms with van der Waals surface area (Å²) in [5, 5.41) is 8.27. The number of carbonyl (C=O) groups is 3. The van der Waals surface area contributed by atoms with E-state index in [0.29, 0.717) is 19.5 Å². The van der Waals surface area contributed by atoms with Gasteiger partial charge in [-0.15, -0.1) is 0 Å². The largest absolute Gasteiger partial charge is 0.355 e. The minimum absolute atomic E-state index is 0.0147. The molecular weight excluding hydrogens is 234 g/mol. The minimum atomic E-state index is -0.471. The molecule has 0 aromatic heterocycles. The fraction of sp³-hybridized carbons (Fsp3) is 0.750. The maximum absolute atomic E-state index is 11.6. The summed E-state index contributed by atoms with van der Waals surface area (Å²) < 4.78 is 0. The molecule has 6 heteroatoms. The van der Waals surface area contributed by atoms with Crippen molar-refractivity contribution in [1.82, 2.24) is 16.0 Å². The Morgan fingerprint density at radius 3 is 2.17 bits per heavy atom. The molecule has 0 aromatic rings. The number of nitrogens with one attached hydrogen (secondary N) is 3. The van der Waals surface area contributed by atoms with E-state index in [2.05, 4.69) is 16.0 Å². The van der Waals surface area contributed by atoms with Crippen LogP contribution in [-0.2, 0) is 14.4 Å². The predicted octanol–water partition coefficient (Wildman–Crippen LogP) is -0.416. The van der Waals surface area contributed by atoms with Gasteiger partial charge in [0.25, 0.3) is 0 Å². The number of ketones is 1. The van der Waals surface area contributed by atoms with Gasteiger partial charge in [-0.3, -0.25) is 14.4 Å². The van der Waals surface area contributed by atoms with Crippen molar-refractivity contribution in [1.29, 1.82) is 0 Å². The second-order valence-electron chi connectivity index (χ2n) is 4.22. The van der Waals surface area contributed by atoms with Crippen LogP contribution in [0.2, 0.25) is 0 Å². The van der Waals surface area contributed by atoms with Gasteiger partial charge in [0.2, 0.25) is 11.8 Å². The lowest BCUT2D eigenvalue weighted by Crippen LogP contribution is -2.48. The van der Waals surface area contributed by atoms with Crippen molar-refractivity contribution in [2.75, 3.05) is 13.1 Å². The number of carbonyl (C=O) groups excluding carboxylic acids is 3. The van der Waals surface area contributed by atoms with E-state index in [1.807, 2.05) is 0 Å². The summed E-state index contributed by atoms with van der Waals surface area (Å²) in [6.07, 6.45) is 0.451. The Hall–Kier alpha value is -1.43. The Kier molecular flexibility index (Phi) is 7.94. The summed E-state index contributed by atoms with van der Waals surface area (Å²) in [5.41, 5.74) is 0. The van der Waals surface area contributed by atoms with Gasteiger partial charge >= 0.3 is 0 Å². The Bertz CT molecular complexity index is 305. The average Bonchev–Trinajstić information content (AvgIpc) is 2.33. The van der Waals surface area contributed by atoms with Gasteiger partial charge in [-0.25, -0.2) is 0 Å². The Morgan fingerprint density at radius 1 is 1.06 bits per heavy atom. The SMILES string of the molecule is CCC(=O)NCCN[C@@H](C)C(=O)N[C@@H](C)C(C)=O. The van der Waals surface area contributed by atoms with E-state index in [9.17, 15) is 14.4 Å². The topological polar surface area (TPSA) is 87.3 Å². The van der Waals surface area contributed by atoms with E-state index >= 15 is 0 Å². The first kappa shape index (κ1) is 16.6. The quantitative estimate of drug-likeness (QED) is 0.516. The Balaban J connectivity index is 3.81. The van der Waals surface area contributed by atoms with Gasteiger partial charge < -0.3 is 16.0 Å². The molecule has 0 radical (unpaired) electrons. The molecule has 104 valence electrons. The molecule has 0 fully saturated rings. The second kappa shape index (κ2) is 8.63. The summed E-state index contributed by atoms with van der Waals surface area (Å²) in [6, 6.07) is -0.869. The molecule has 0 aliphatic rings. The van der Waals surface area contributed by atoms with Crippen molar-refractivity contribution < 1.29 is 14.4 Å². The van der Waals surface area contributed by atoms with Crippen LogP contribution in [0, 0.1) is 0 Å². The van der Waals surface area contributed by atoms with Crippen molar-refractivity contribution in [3.8, 4) is 0 Å². The number of amides is 2. The molecule has 0 bridgehead atoms. The molecule has 6 nitrogen and oxygen atoms in total. The fourth-order valence-corrected chi connectivity index (χ4v) is 1.15. The van der Waals surface area contributed by atoms with Gasteiger partial charge in [0.1, 0.15) is 0 Å². The van der Waals surface area contributed by atoms with Crippen LogP contribution in [0.5, 0.6) is 0 Å². The lowest BCUT2D eigenvalue weighted by Gasteiger charge is -2.16. The van der Waals surface area contributed by atoms with Crippen LogP contribution in [0.3, 0.4) is 0 Å². The molecule has 3 N–H and O–H groups in total. The molecule has 0 saturated heterocycles. The standard InChI is InChI=1S/C12H23N3O3/c1-5-11(17)14-7-6-13-9(3)12(18)15-8(2)10(4)16/h8-9,13H,5-7H2,1-4H3,(H,14,17)(H,15,18)/t8-,9-/m0/s1. The van der Waals surface area contributed by atoms with Crippen molar-refractivity contribution in [2.45, 2.75) is 46.2 Å². The number of hydrogen-bond acceptors (Lipinski definition) is 4. The first-order valence-electron chi connectivity index (χ1n) is 6.19. The van der Waals surface area contributed by atoms with Crippen molar-refractivity contribution in [3.05, 3.63) is 0 Å². The third-order valence-electron chi connectivity index (χ3n) is 2.58. The van der Waals surface area contributed by atoms with Crippen molar-refractivity contribution >= 4 is 17.6 Å². The molecule has 0 aliphatic heterocycles. The summed E-state index contributed by atoms with van der Waals surface area (Å²) in [6.45, 7) is 7.56. The molecular formula is C12H23N3O3. The highest BCUT2D eigenvalue weighted by Gasteiger charge is 2.16. The maximum Gasteiger partial charge on any atom is 0.237 e. The van der Waals surface area contributed by atoms with Crippen LogP contribution in [0.25, 0.3) is 0 Å². The van der Waals surface area contributed by atoms with E-state index in [4.69, 9.17) is 0 Å². The lowest BCUT2D eigenvalue weighted by atomic mass is 10.2. The van der Waals surface area contributed by atoms with Crippen LogP contribution in [0.1, 0.15) is 34.1 Å². The molecule has 0 heterocycles. The van der Waals surface area contributed by atoms with Crippen molar-refractivity contribution in [2.24, 2.45) is 0 Å². The van der Waals surface area contributed by atoms with E-state index in [1.54, 1.807) is 20.8 Å². The summed E-state index contributed by atoms with van der Waals surface area (Å²) in [5.74, 6) is -0.315. The summed E-state index contributed by atoms with van der Waals surface area (Å²) in [4.78, 5) is 33.6. The van der Waals surface area contributed by atoms with E-state index < -0.39 is 12.1 Å². The van der Waals surface area contributed by atoms with Gasteiger partial charge in [-0.05, 0) is 20.8 Å². The van der Waals surface area contributed by atoms with Gasteiger partial charge in [-0.1, -0.05) is 6.92 Å². The minimum Gasteiger partial charge on any atom is -0.355 e. The van der Waals surface area contributed by atoms with Gasteiger partial charge in [0.15, 0.2) is 5.78 Å². The third-order valence-corrected chi connectivity index (χ3v) is 2.58. The van der Waals surface area contributed by atoms with E-state index in [0.717, 1.165) is 0 Å². The van der Waals surface area contributed by atoms with E-state index in [-0.39, 0.29) is 17.6 Å². The maximum atomic E-state index is 11.6. The molecule has 0 saturated carbocycles. The number of Topliss-reactive ketones (excluding diaryl/α,β-unsaturated/α-hetero) is 1. The second-order valence-corrected chi connectivity index (χ2v) is 4.22. The van der Waals surface area contributed by atoms with Crippen LogP contribution in [-0.4, -0.2) is 42.8 Å². The number of hydrogen-bond donors (Lipinski definition) is 3. The smallest absolute Gasteiger partial charge is 0.237 e. The van der Waals surface area contributed by atoms with Gasteiger partial charge in [0, 0.05) is 19.5 Å². The highest BCUT2D eigenvalue weighted by atomic mass is 16.2. The first-order valence-corrected chi connectivity index (χ1v) is 6.19. The zero-order valence-corrected chi connectivity index (χ0v) is 11.5. The molecule has 18 heavy (non-hydrogen) atoms. The summed E-state index contributed by atoms with van der Waals surface area (Å²) >= 11 is 0. The molecule has 0 aliphatic carbocycles. The van der Waals surface area contributed by atoms with Crippen LogP contribution >= 0.6 is 0 Å². The molecule has 0 unspecified atom stereocenters. The van der Waals surface area contributed by atoms with Crippen molar-refractivity contribution in [3.63, 3.8) is 0 Å². The molecule has 0 rings (SSSR count). The molecule has 2 atom stereocenters. The normalized spacial score (nSPS) is 13.6. The highest BCUT2D eigenvalue weighted by Crippen LogP contribution is 1.87.